The van der Waals surface area contributed by atoms with Crippen molar-refractivity contribution in [2.75, 3.05) is 26.2 Å². The van der Waals surface area contributed by atoms with Crippen LogP contribution in [-0.2, 0) is 0 Å². The third-order valence-electron chi connectivity index (χ3n) is 4.72. The van der Waals surface area contributed by atoms with Crippen LogP contribution in [0.3, 0.4) is 0 Å². The zero-order valence-electron chi connectivity index (χ0n) is 9.99. The van der Waals surface area contributed by atoms with Crippen molar-refractivity contribution in [3.63, 3.8) is 0 Å². The number of rotatable bonds is 2. The standard InChI is InChI=1S/C13H24N2/c1-11(12-5-6-12)15-9-3-8-14-7-2-4-13(14)10-15/h11-13H,2-10H2,1H3. The van der Waals surface area contributed by atoms with Crippen LogP contribution < -0.4 is 0 Å². The monoisotopic (exact) mass is 208 g/mol. The van der Waals surface area contributed by atoms with Gasteiger partial charge in [-0.05, 0) is 64.6 Å². The van der Waals surface area contributed by atoms with E-state index in [-0.39, 0.29) is 0 Å². The largest absolute Gasteiger partial charge is 0.299 e. The maximum Gasteiger partial charge on any atom is 0.0223 e. The third kappa shape index (κ3) is 2.07. The van der Waals surface area contributed by atoms with Gasteiger partial charge in [0, 0.05) is 18.6 Å². The summed E-state index contributed by atoms with van der Waals surface area (Å²) >= 11 is 0. The van der Waals surface area contributed by atoms with E-state index in [1.807, 2.05) is 0 Å². The Morgan fingerprint density at radius 3 is 2.60 bits per heavy atom. The Morgan fingerprint density at radius 2 is 1.80 bits per heavy atom. The Balaban J connectivity index is 1.63. The van der Waals surface area contributed by atoms with Crippen LogP contribution in [-0.4, -0.2) is 48.1 Å². The van der Waals surface area contributed by atoms with Crippen molar-refractivity contribution in [1.29, 1.82) is 0 Å². The van der Waals surface area contributed by atoms with Crippen molar-refractivity contribution in [3.05, 3.63) is 0 Å². The third-order valence-corrected chi connectivity index (χ3v) is 4.72. The average Bonchev–Trinajstić information content (AvgIpc) is 3.03. The minimum absolute atomic E-state index is 0.866. The van der Waals surface area contributed by atoms with E-state index in [2.05, 4.69) is 16.7 Å². The van der Waals surface area contributed by atoms with Crippen LogP contribution in [0.2, 0.25) is 0 Å². The second kappa shape index (κ2) is 4.06. The maximum absolute atomic E-state index is 2.79. The summed E-state index contributed by atoms with van der Waals surface area (Å²) in [4.78, 5) is 5.52. The number of hydrogen-bond donors (Lipinski definition) is 0. The summed E-state index contributed by atoms with van der Waals surface area (Å²) in [6.07, 6.45) is 7.27. The van der Waals surface area contributed by atoms with Gasteiger partial charge in [-0.15, -0.1) is 0 Å². The molecule has 0 aromatic rings. The van der Waals surface area contributed by atoms with Gasteiger partial charge in [0.15, 0.2) is 0 Å². The molecule has 15 heavy (non-hydrogen) atoms. The van der Waals surface area contributed by atoms with Crippen molar-refractivity contribution in [2.24, 2.45) is 5.92 Å². The molecule has 2 nitrogen and oxygen atoms in total. The van der Waals surface area contributed by atoms with E-state index in [0.29, 0.717) is 0 Å². The molecule has 2 unspecified atom stereocenters. The molecule has 0 spiro atoms. The SMILES string of the molecule is CC(C1CC1)N1CCCN2CCCC2C1. The van der Waals surface area contributed by atoms with E-state index in [9.17, 15) is 0 Å². The fraction of sp³-hybridized carbons (Fsp3) is 1.00. The predicted octanol–water partition coefficient (Wildman–Crippen LogP) is 1.96. The second-order valence-electron chi connectivity index (χ2n) is 5.76. The zero-order valence-corrected chi connectivity index (χ0v) is 9.99. The van der Waals surface area contributed by atoms with Gasteiger partial charge in [-0.1, -0.05) is 0 Å². The summed E-state index contributed by atoms with van der Waals surface area (Å²) in [5.41, 5.74) is 0. The topological polar surface area (TPSA) is 6.48 Å². The molecule has 2 saturated heterocycles. The van der Waals surface area contributed by atoms with Crippen LogP contribution >= 0.6 is 0 Å². The predicted molar refractivity (Wildman–Crippen MR) is 63.0 cm³/mol. The van der Waals surface area contributed by atoms with Gasteiger partial charge < -0.3 is 0 Å². The molecule has 86 valence electrons. The van der Waals surface area contributed by atoms with Crippen molar-refractivity contribution in [2.45, 2.75) is 51.1 Å². The summed E-state index contributed by atoms with van der Waals surface area (Å²) in [5, 5.41) is 0. The van der Waals surface area contributed by atoms with Gasteiger partial charge in [0.2, 0.25) is 0 Å². The fourth-order valence-corrected chi connectivity index (χ4v) is 3.48. The first-order chi connectivity index (χ1) is 7.34. The smallest absolute Gasteiger partial charge is 0.0223 e. The van der Waals surface area contributed by atoms with Crippen LogP contribution in [0.15, 0.2) is 0 Å². The molecule has 3 fully saturated rings. The summed E-state index contributed by atoms with van der Waals surface area (Å²) in [6, 6.07) is 1.76. The molecule has 2 heterocycles. The van der Waals surface area contributed by atoms with Crippen molar-refractivity contribution in [1.82, 2.24) is 9.80 Å². The average molecular weight is 208 g/mol. The van der Waals surface area contributed by atoms with E-state index in [1.54, 1.807) is 0 Å². The highest BCUT2D eigenvalue weighted by Crippen LogP contribution is 2.36. The van der Waals surface area contributed by atoms with Gasteiger partial charge in [0.05, 0.1) is 0 Å². The molecule has 1 aliphatic carbocycles. The molecule has 3 rings (SSSR count). The molecular weight excluding hydrogens is 184 g/mol. The Hall–Kier alpha value is -0.0800. The van der Waals surface area contributed by atoms with E-state index >= 15 is 0 Å². The van der Waals surface area contributed by atoms with Crippen LogP contribution in [0.4, 0.5) is 0 Å². The molecule has 0 radical (unpaired) electrons. The van der Waals surface area contributed by atoms with Gasteiger partial charge in [0.25, 0.3) is 0 Å². The molecule has 1 saturated carbocycles. The molecule has 0 aromatic heterocycles. The van der Waals surface area contributed by atoms with E-state index < -0.39 is 0 Å². The molecule has 3 aliphatic rings. The quantitative estimate of drug-likeness (QED) is 0.684. The van der Waals surface area contributed by atoms with Crippen LogP contribution in [0.25, 0.3) is 0 Å². The highest BCUT2D eigenvalue weighted by atomic mass is 15.3. The Bertz CT molecular complexity index is 225. The van der Waals surface area contributed by atoms with E-state index in [0.717, 1.165) is 18.0 Å². The summed E-state index contributed by atoms with van der Waals surface area (Å²) in [5.74, 6) is 1.04. The zero-order chi connectivity index (χ0) is 10.3. The van der Waals surface area contributed by atoms with Gasteiger partial charge in [0.1, 0.15) is 0 Å². The first-order valence-electron chi connectivity index (χ1n) is 6.82. The molecule has 2 atom stereocenters. The molecule has 2 heteroatoms. The van der Waals surface area contributed by atoms with Gasteiger partial charge >= 0.3 is 0 Å². The van der Waals surface area contributed by atoms with E-state index in [4.69, 9.17) is 0 Å². The Kier molecular flexibility index (Phi) is 2.73. The van der Waals surface area contributed by atoms with Gasteiger partial charge in [-0.2, -0.15) is 0 Å². The summed E-state index contributed by atoms with van der Waals surface area (Å²) in [6.45, 7) is 7.90. The first kappa shape index (κ1) is 10.1. The molecule has 0 amide bonds. The van der Waals surface area contributed by atoms with Gasteiger partial charge in [-0.3, -0.25) is 9.80 Å². The van der Waals surface area contributed by atoms with Crippen molar-refractivity contribution < 1.29 is 0 Å². The normalized spacial score (nSPS) is 36.2. The highest BCUT2D eigenvalue weighted by molar-refractivity contribution is 4.91. The lowest BCUT2D eigenvalue weighted by molar-refractivity contribution is 0.167. The number of hydrogen-bond acceptors (Lipinski definition) is 2. The van der Waals surface area contributed by atoms with Crippen LogP contribution in [0, 0.1) is 5.92 Å². The molecule has 0 N–H and O–H groups in total. The first-order valence-corrected chi connectivity index (χ1v) is 6.82. The number of fused-ring (bicyclic) bond motifs is 1. The Labute approximate surface area is 93.6 Å². The molecule has 2 aliphatic heterocycles. The lowest BCUT2D eigenvalue weighted by Crippen LogP contribution is -2.41. The lowest BCUT2D eigenvalue weighted by atomic mass is 10.1. The summed E-state index contributed by atoms with van der Waals surface area (Å²) < 4.78 is 0. The summed E-state index contributed by atoms with van der Waals surface area (Å²) in [7, 11) is 0. The minimum atomic E-state index is 0.866. The molecular formula is C13H24N2. The molecule has 0 bridgehead atoms. The maximum atomic E-state index is 2.79. The highest BCUT2D eigenvalue weighted by Gasteiger charge is 2.35. The minimum Gasteiger partial charge on any atom is -0.299 e. The van der Waals surface area contributed by atoms with Crippen molar-refractivity contribution in [3.8, 4) is 0 Å². The Morgan fingerprint density at radius 1 is 1.00 bits per heavy atom. The second-order valence-corrected chi connectivity index (χ2v) is 5.76. The van der Waals surface area contributed by atoms with Crippen molar-refractivity contribution >= 4 is 0 Å². The van der Waals surface area contributed by atoms with Crippen LogP contribution in [0.5, 0.6) is 0 Å². The lowest BCUT2D eigenvalue weighted by Gasteiger charge is -2.30. The molecule has 0 aromatic carbocycles. The van der Waals surface area contributed by atoms with Crippen LogP contribution in [0.1, 0.15) is 39.0 Å². The fourth-order valence-electron chi connectivity index (χ4n) is 3.48. The number of nitrogens with zero attached hydrogens (tertiary/aromatic N) is 2. The van der Waals surface area contributed by atoms with E-state index in [1.165, 1.54) is 58.3 Å². The van der Waals surface area contributed by atoms with Gasteiger partial charge in [-0.25, -0.2) is 0 Å².